The third kappa shape index (κ3) is 5.60. The smallest absolute Gasteiger partial charge is 0.326 e. The van der Waals surface area contributed by atoms with E-state index in [4.69, 9.17) is 4.74 Å². The van der Waals surface area contributed by atoms with E-state index in [0.29, 0.717) is 13.0 Å². The largest absolute Gasteiger partial charge is 0.465 e. The van der Waals surface area contributed by atoms with Crippen LogP contribution in [-0.4, -0.2) is 34.9 Å². The SMILES string of the molecule is CCNC(C)(CC(C)Sc1ncccc1Br)C(=O)OCC. The average molecular weight is 375 g/mol. The Hall–Kier alpha value is -0.590. The molecule has 0 saturated heterocycles. The number of pyridine rings is 1. The maximum atomic E-state index is 12.2. The van der Waals surface area contributed by atoms with E-state index < -0.39 is 5.54 Å². The molecule has 1 heterocycles. The number of carbonyl (C=O) groups is 1. The van der Waals surface area contributed by atoms with Crippen molar-refractivity contribution in [3.63, 3.8) is 0 Å². The number of nitrogens with zero attached hydrogens (tertiary/aromatic N) is 1. The molecule has 21 heavy (non-hydrogen) atoms. The van der Waals surface area contributed by atoms with Crippen molar-refractivity contribution in [3.05, 3.63) is 22.8 Å². The summed E-state index contributed by atoms with van der Waals surface area (Å²) in [4.78, 5) is 16.5. The third-order valence-corrected chi connectivity index (χ3v) is 5.05. The van der Waals surface area contributed by atoms with E-state index >= 15 is 0 Å². The number of likely N-dealkylation sites (N-methyl/N-ethyl adjacent to an activating group) is 1. The van der Waals surface area contributed by atoms with Crippen molar-refractivity contribution < 1.29 is 9.53 Å². The number of ether oxygens (including phenoxy) is 1. The van der Waals surface area contributed by atoms with Gasteiger partial charge in [-0.3, -0.25) is 4.79 Å². The normalized spacial score (nSPS) is 15.3. The van der Waals surface area contributed by atoms with Crippen LogP contribution >= 0.6 is 27.7 Å². The zero-order chi connectivity index (χ0) is 15.9. The molecule has 1 N–H and O–H groups in total. The average Bonchev–Trinajstić information content (AvgIpc) is 2.41. The Balaban J connectivity index is 2.74. The second-order valence-corrected chi connectivity index (χ2v) is 7.29. The quantitative estimate of drug-likeness (QED) is 0.555. The van der Waals surface area contributed by atoms with E-state index in [-0.39, 0.29) is 11.2 Å². The van der Waals surface area contributed by atoms with Gasteiger partial charge in [0.05, 0.1) is 6.61 Å². The van der Waals surface area contributed by atoms with Crippen LogP contribution in [0.2, 0.25) is 0 Å². The highest BCUT2D eigenvalue weighted by Gasteiger charge is 2.35. The summed E-state index contributed by atoms with van der Waals surface area (Å²) in [7, 11) is 0. The van der Waals surface area contributed by atoms with Crippen LogP contribution in [0.3, 0.4) is 0 Å². The lowest BCUT2D eigenvalue weighted by Crippen LogP contribution is -2.51. The zero-order valence-corrected chi connectivity index (χ0v) is 15.4. The van der Waals surface area contributed by atoms with Crippen molar-refractivity contribution in [2.24, 2.45) is 0 Å². The molecular formula is C15H23BrN2O2S. The maximum Gasteiger partial charge on any atom is 0.326 e. The van der Waals surface area contributed by atoms with E-state index in [9.17, 15) is 4.79 Å². The lowest BCUT2D eigenvalue weighted by atomic mass is 9.96. The molecule has 0 saturated carbocycles. The maximum absolute atomic E-state index is 12.2. The molecule has 1 aromatic rings. The monoisotopic (exact) mass is 374 g/mol. The number of hydrogen-bond donors (Lipinski definition) is 1. The number of esters is 1. The van der Waals surface area contributed by atoms with Crippen LogP contribution < -0.4 is 5.32 Å². The fourth-order valence-corrected chi connectivity index (χ4v) is 3.81. The lowest BCUT2D eigenvalue weighted by molar-refractivity contribution is -0.150. The van der Waals surface area contributed by atoms with Gasteiger partial charge in [0.2, 0.25) is 0 Å². The minimum Gasteiger partial charge on any atom is -0.465 e. The van der Waals surface area contributed by atoms with Crippen molar-refractivity contribution in [3.8, 4) is 0 Å². The van der Waals surface area contributed by atoms with Crippen LogP contribution in [0, 0.1) is 0 Å². The van der Waals surface area contributed by atoms with Crippen LogP contribution in [0.25, 0.3) is 0 Å². The van der Waals surface area contributed by atoms with Crippen molar-refractivity contribution >= 4 is 33.7 Å². The molecule has 0 bridgehead atoms. The van der Waals surface area contributed by atoms with Crippen LogP contribution in [0.4, 0.5) is 0 Å². The first-order valence-corrected chi connectivity index (χ1v) is 8.79. The molecule has 0 fully saturated rings. The van der Waals surface area contributed by atoms with Crippen LogP contribution in [0.5, 0.6) is 0 Å². The van der Waals surface area contributed by atoms with Gasteiger partial charge in [-0.2, -0.15) is 0 Å². The minimum atomic E-state index is -0.668. The van der Waals surface area contributed by atoms with Crippen molar-refractivity contribution in [2.75, 3.05) is 13.2 Å². The molecule has 0 aromatic carbocycles. The molecule has 0 aliphatic rings. The Labute approximate surface area is 139 Å². The standard InChI is InChI=1S/C15H23BrN2O2S/c1-5-18-15(4,14(19)20-6-2)10-11(3)21-13-12(16)8-7-9-17-13/h7-9,11,18H,5-6,10H2,1-4H3. The van der Waals surface area contributed by atoms with E-state index in [1.54, 1.807) is 18.0 Å². The molecule has 0 radical (unpaired) electrons. The second-order valence-electron chi connectivity index (χ2n) is 5.01. The van der Waals surface area contributed by atoms with Crippen LogP contribution in [-0.2, 0) is 9.53 Å². The summed E-state index contributed by atoms with van der Waals surface area (Å²) in [5.74, 6) is -0.195. The van der Waals surface area contributed by atoms with Crippen LogP contribution in [0.15, 0.2) is 27.8 Å². The van der Waals surface area contributed by atoms with Gasteiger partial charge in [-0.15, -0.1) is 11.8 Å². The molecule has 0 spiro atoms. The minimum absolute atomic E-state index is 0.195. The Bertz CT molecular complexity index is 473. The fourth-order valence-electron chi connectivity index (χ4n) is 2.17. The van der Waals surface area contributed by atoms with Gasteiger partial charge in [0.1, 0.15) is 10.6 Å². The Morgan fingerprint density at radius 3 is 2.86 bits per heavy atom. The molecule has 0 aliphatic heterocycles. The van der Waals surface area contributed by atoms with Gasteiger partial charge in [0.25, 0.3) is 0 Å². The molecule has 6 heteroatoms. The van der Waals surface area contributed by atoms with Crippen LogP contribution in [0.1, 0.15) is 34.1 Å². The zero-order valence-electron chi connectivity index (χ0n) is 13.0. The summed E-state index contributed by atoms with van der Waals surface area (Å²) in [5.41, 5.74) is -0.668. The molecule has 2 unspecified atom stereocenters. The first-order valence-electron chi connectivity index (χ1n) is 7.12. The summed E-state index contributed by atoms with van der Waals surface area (Å²) in [5, 5.41) is 4.42. The van der Waals surface area contributed by atoms with E-state index in [1.807, 2.05) is 32.9 Å². The topological polar surface area (TPSA) is 51.2 Å². The first kappa shape index (κ1) is 18.5. The van der Waals surface area contributed by atoms with Crippen molar-refractivity contribution in [1.82, 2.24) is 10.3 Å². The number of halogens is 1. The van der Waals surface area contributed by atoms with Crippen molar-refractivity contribution in [2.45, 2.75) is 49.9 Å². The van der Waals surface area contributed by atoms with E-state index in [2.05, 4.69) is 33.2 Å². The van der Waals surface area contributed by atoms with E-state index in [0.717, 1.165) is 16.0 Å². The van der Waals surface area contributed by atoms with Gasteiger partial charge in [-0.05, 0) is 54.9 Å². The number of carbonyl (C=O) groups excluding carboxylic acids is 1. The molecule has 118 valence electrons. The highest BCUT2D eigenvalue weighted by Crippen LogP contribution is 2.32. The predicted octanol–water partition coefficient (Wildman–Crippen LogP) is 3.65. The number of thioether (sulfide) groups is 1. The summed E-state index contributed by atoms with van der Waals surface area (Å²) in [6.07, 6.45) is 2.45. The summed E-state index contributed by atoms with van der Waals surface area (Å²) in [6.45, 7) is 8.94. The number of hydrogen-bond acceptors (Lipinski definition) is 5. The first-order chi connectivity index (χ1) is 9.92. The van der Waals surface area contributed by atoms with E-state index in [1.165, 1.54) is 0 Å². The Morgan fingerprint density at radius 2 is 2.29 bits per heavy atom. The van der Waals surface area contributed by atoms with Crippen molar-refractivity contribution in [1.29, 1.82) is 0 Å². The second kappa shape index (κ2) is 8.76. The Morgan fingerprint density at radius 1 is 1.57 bits per heavy atom. The molecular weight excluding hydrogens is 352 g/mol. The third-order valence-electron chi connectivity index (χ3n) is 3.03. The predicted molar refractivity (Wildman–Crippen MR) is 90.6 cm³/mol. The molecule has 0 amide bonds. The molecule has 2 atom stereocenters. The fraction of sp³-hybridized carbons (Fsp3) is 0.600. The Kier molecular flexibility index (Phi) is 7.70. The molecule has 0 aliphatic carbocycles. The molecule has 1 aromatic heterocycles. The number of aromatic nitrogens is 1. The highest BCUT2D eigenvalue weighted by molar-refractivity contribution is 9.10. The van der Waals surface area contributed by atoms with Gasteiger partial charge in [0, 0.05) is 15.9 Å². The van der Waals surface area contributed by atoms with Gasteiger partial charge in [-0.25, -0.2) is 4.98 Å². The summed E-state index contributed by atoms with van der Waals surface area (Å²) in [6, 6.07) is 3.86. The van der Waals surface area contributed by atoms with Gasteiger partial charge in [0.15, 0.2) is 0 Å². The van der Waals surface area contributed by atoms with Gasteiger partial charge in [-0.1, -0.05) is 13.8 Å². The number of nitrogens with one attached hydrogen (secondary N) is 1. The lowest BCUT2D eigenvalue weighted by Gasteiger charge is -2.30. The molecule has 4 nitrogen and oxygen atoms in total. The van der Waals surface area contributed by atoms with Gasteiger partial charge < -0.3 is 10.1 Å². The number of rotatable bonds is 8. The highest BCUT2D eigenvalue weighted by atomic mass is 79.9. The summed E-state index contributed by atoms with van der Waals surface area (Å²) < 4.78 is 6.17. The van der Waals surface area contributed by atoms with Gasteiger partial charge >= 0.3 is 5.97 Å². The summed E-state index contributed by atoms with van der Waals surface area (Å²) >= 11 is 5.15. The molecule has 1 rings (SSSR count).